The smallest absolute Gasteiger partial charge is 0.122 e. The maximum absolute atomic E-state index is 8.91. The van der Waals surface area contributed by atoms with Crippen molar-refractivity contribution in [1.29, 1.82) is 0 Å². The monoisotopic (exact) mass is 278 g/mol. The van der Waals surface area contributed by atoms with E-state index in [1.54, 1.807) is 0 Å². The molecule has 0 radical (unpaired) electrons. The minimum atomic E-state index is 0.0682. The summed E-state index contributed by atoms with van der Waals surface area (Å²) in [5, 5.41) is 8.91. The fourth-order valence-electron chi connectivity index (χ4n) is 2.18. The number of aliphatic hydroxyl groups is 1. The SMILES string of the molecule is CC(C)CCc1ccc(OCCO)c(CCC(C)C)c1. The van der Waals surface area contributed by atoms with Crippen LogP contribution in [0.1, 0.15) is 51.7 Å². The Labute approximate surface area is 124 Å². The second-order valence-electron chi connectivity index (χ2n) is 6.38. The largest absolute Gasteiger partial charge is 0.491 e. The number of hydrogen-bond acceptors (Lipinski definition) is 2. The van der Waals surface area contributed by atoms with Crippen molar-refractivity contribution in [3.05, 3.63) is 29.3 Å². The summed E-state index contributed by atoms with van der Waals surface area (Å²) in [4.78, 5) is 0. The molecule has 1 N–H and O–H groups in total. The Kier molecular flexibility index (Phi) is 7.68. The third-order valence-electron chi connectivity index (χ3n) is 3.48. The third-order valence-corrected chi connectivity index (χ3v) is 3.48. The van der Waals surface area contributed by atoms with E-state index in [2.05, 4.69) is 45.9 Å². The minimum Gasteiger partial charge on any atom is -0.491 e. The van der Waals surface area contributed by atoms with E-state index in [9.17, 15) is 0 Å². The van der Waals surface area contributed by atoms with Crippen molar-refractivity contribution < 1.29 is 9.84 Å². The van der Waals surface area contributed by atoms with Crippen LogP contribution in [-0.2, 0) is 12.8 Å². The zero-order valence-electron chi connectivity index (χ0n) is 13.5. The second-order valence-corrected chi connectivity index (χ2v) is 6.38. The molecule has 0 heterocycles. The molecule has 1 aromatic rings. The Hall–Kier alpha value is -1.02. The highest BCUT2D eigenvalue weighted by molar-refractivity contribution is 5.37. The van der Waals surface area contributed by atoms with Crippen LogP contribution in [0.3, 0.4) is 0 Å². The summed E-state index contributed by atoms with van der Waals surface area (Å²) in [5.41, 5.74) is 2.68. The molecule has 0 saturated carbocycles. The molecule has 0 aliphatic heterocycles. The Morgan fingerprint density at radius 1 is 1.00 bits per heavy atom. The number of aryl methyl sites for hydroxylation is 2. The normalized spacial score (nSPS) is 11.3. The first-order valence-corrected chi connectivity index (χ1v) is 7.88. The molecule has 0 aliphatic rings. The van der Waals surface area contributed by atoms with Gasteiger partial charge in [-0.1, -0.05) is 39.8 Å². The van der Waals surface area contributed by atoms with Crippen molar-refractivity contribution >= 4 is 0 Å². The van der Waals surface area contributed by atoms with Crippen LogP contribution in [0, 0.1) is 11.8 Å². The van der Waals surface area contributed by atoms with Gasteiger partial charge in [0.2, 0.25) is 0 Å². The first-order valence-electron chi connectivity index (χ1n) is 7.88. The van der Waals surface area contributed by atoms with E-state index in [-0.39, 0.29) is 6.61 Å². The molecule has 114 valence electrons. The highest BCUT2D eigenvalue weighted by atomic mass is 16.5. The van der Waals surface area contributed by atoms with E-state index < -0.39 is 0 Å². The topological polar surface area (TPSA) is 29.5 Å². The molecule has 2 heteroatoms. The van der Waals surface area contributed by atoms with Gasteiger partial charge in [-0.2, -0.15) is 0 Å². The van der Waals surface area contributed by atoms with Gasteiger partial charge in [-0.25, -0.2) is 0 Å². The lowest BCUT2D eigenvalue weighted by atomic mass is 9.97. The van der Waals surface area contributed by atoms with Gasteiger partial charge in [0.05, 0.1) is 6.61 Å². The van der Waals surface area contributed by atoms with Crippen molar-refractivity contribution in [3.63, 3.8) is 0 Å². The molecular weight excluding hydrogens is 248 g/mol. The van der Waals surface area contributed by atoms with Gasteiger partial charge in [0.1, 0.15) is 12.4 Å². The van der Waals surface area contributed by atoms with E-state index in [4.69, 9.17) is 9.84 Å². The standard InChI is InChI=1S/C18H30O2/c1-14(2)5-7-16-8-10-18(20-12-11-19)17(13-16)9-6-15(3)4/h8,10,13-15,19H,5-7,9,11-12H2,1-4H3. The Balaban J connectivity index is 2.77. The second kappa shape index (κ2) is 9.02. The molecule has 0 bridgehead atoms. The van der Waals surface area contributed by atoms with E-state index in [0.717, 1.165) is 24.5 Å². The predicted octanol–water partition coefficient (Wildman–Crippen LogP) is 4.23. The molecule has 0 spiro atoms. The van der Waals surface area contributed by atoms with Crippen molar-refractivity contribution in [3.8, 4) is 5.75 Å². The molecular formula is C18H30O2. The number of aliphatic hydroxyl groups excluding tert-OH is 1. The summed E-state index contributed by atoms with van der Waals surface area (Å²) >= 11 is 0. The fraction of sp³-hybridized carbons (Fsp3) is 0.667. The molecule has 0 aliphatic carbocycles. The molecule has 0 aromatic heterocycles. The fourth-order valence-corrected chi connectivity index (χ4v) is 2.18. The number of ether oxygens (including phenoxy) is 1. The molecule has 0 amide bonds. The third kappa shape index (κ3) is 6.42. The zero-order chi connectivity index (χ0) is 15.0. The summed E-state index contributed by atoms with van der Waals surface area (Å²) in [6.07, 6.45) is 4.57. The molecule has 0 atom stereocenters. The van der Waals surface area contributed by atoms with Crippen molar-refractivity contribution in [2.75, 3.05) is 13.2 Å². The average Bonchev–Trinajstić information content (AvgIpc) is 2.41. The summed E-state index contributed by atoms with van der Waals surface area (Å²) in [5.74, 6) is 2.37. The Bertz CT molecular complexity index is 383. The lowest BCUT2D eigenvalue weighted by Crippen LogP contribution is -2.05. The van der Waals surface area contributed by atoms with E-state index in [1.807, 2.05) is 0 Å². The summed E-state index contributed by atoms with van der Waals surface area (Å²) in [6.45, 7) is 9.46. The lowest BCUT2D eigenvalue weighted by molar-refractivity contribution is 0.200. The maximum Gasteiger partial charge on any atom is 0.122 e. The van der Waals surface area contributed by atoms with Crippen molar-refractivity contribution in [1.82, 2.24) is 0 Å². The first-order chi connectivity index (χ1) is 9.52. The first kappa shape index (κ1) is 17.0. The quantitative estimate of drug-likeness (QED) is 0.732. The molecule has 0 unspecified atom stereocenters. The van der Waals surface area contributed by atoms with Crippen LogP contribution in [-0.4, -0.2) is 18.3 Å². The van der Waals surface area contributed by atoms with Crippen LogP contribution < -0.4 is 4.74 Å². The van der Waals surface area contributed by atoms with Crippen LogP contribution >= 0.6 is 0 Å². The maximum atomic E-state index is 8.91. The highest BCUT2D eigenvalue weighted by Gasteiger charge is 2.07. The predicted molar refractivity (Wildman–Crippen MR) is 85.3 cm³/mol. The van der Waals surface area contributed by atoms with Gasteiger partial charge >= 0.3 is 0 Å². The average molecular weight is 278 g/mol. The van der Waals surface area contributed by atoms with Crippen LogP contribution in [0.4, 0.5) is 0 Å². The minimum absolute atomic E-state index is 0.0682. The van der Waals surface area contributed by atoms with Crippen molar-refractivity contribution in [2.24, 2.45) is 11.8 Å². The van der Waals surface area contributed by atoms with Gasteiger partial charge in [0.25, 0.3) is 0 Å². The molecule has 1 aromatic carbocycles. The molecule has 0 fully saturated rings. The van der Waals surface area contributed by atoms with E-state index in [0.29, 0.717) is 12.5 Å². The van der Waals surface area contributed by atoms with Gasteiger partial charge in [-0.15, -0.1) is 0 Å². The van der Waals surface area contributed by atoms with Gasteiger partial charge in [-0.05, 0) is 54.7 Å². The molecule has 0 saturated heterocycles. The molecule has 2 nitrogen and oxygen atoms in total. The number of benzene rings is 1. The zero-order valence-corrected chi connectivity index (χ0v) is 13.5. The van der Waals surface area contributed by atoms with Crippen LogP contribution in [0.5, 0.6) is 5.75 Å². The van der Waals surface area contributed by atoms with Gasteiger partial charge < -0.3 is 9.84 Å². The van der Waals surface area contributed by atoms with Gasteiger partial charge in [-0.3, -0.25) is 0 Å². The van der Waals surface area contributed by atoms with Crippen LogP contribution in [0.25, 0.3) is 0 Å². The Morgan fingerprint density at radius 2 is 1.65 bits per heavy atom. The van der Waals surface area contributed by atoms with Gasteiger partial charge in [0, 0.05) is 0 Å². The number of hydrogen-bond donors (Lipinski definition) is 1. The van der Waals surface area contributed by atoms with E-state index in [1.165, 1.54) is 24.0 Å². The summed E-state index contributed by atoms with van der Waals surface area (Å²) in [6, 6.07) is 6.52. The van der Waals surface area contributed by atoms with Gasteiger partial charge in [0.15, 0.2) is 0 Å². The molecule has 1 rings (SSSR count). The number of rotatable bonds is 9. The Morgan fingerprint density at radius 3 is 2.25 bits per heavy atom. The summed E-state index contributed by atoms with van der Waals surface area (Å²) in [7, 11) is 0. The van der Waals surface area contributed by atoms with Crippen LogP contribution in [0.15, 0.2) is 18.2 Å². The lowest BCUT2D eigenvalue weighted by Gasteiger charge is -2.14. The van der Waals surface area contributed by atoms with E-state index >= 15 is 0 Å². The molecule has 20 heavy (non-hydrogen) atoms. The van der Waals surface area contributed by atoms with Crippen LogP contribution in [0.2, 0.25) is 0 Å². The van der Waals surface area contributed by atoms with Crippen molar-refractivity contribution in [2.45, 2.75) is 53.4 Å². The highest BCUT2D eigenvalue weighted by Crippen LogP contribution is 2.24. The summed E-state index contributed by atoms with van der Waals surface area (Å²) < 4.78 is 5.65.